The summed E-state index contributed by atoms with van der Waals surface area (Å²) in [5.74, 6) is 2.96. The van der Waals surface area contributed by atoms with Gasteiger partial charge in [0.05, 0.1) is 43.5 Å². The Morgan fingerprint density at radius 3 is 2.46 bits per heavy atom. The highest BCUT2D eigenvalue weighted by atomic mass is 16.5. The van der Waals surface area contributed by atoms with Gasteiger partial charge in [0.15, 0.2) is 11.5 Å². The quantitative estimate of drug-likeness (QED) is 0.695. The Bertz CT molecular complexity index is 894. The molecule has 7 heteroatoms. The molecule has 0 saturated carbocycles. The number of ether oxygens (including phenoxy) is 2. The van der Waals surface area contributed by atoms with Gasteiger partial charge in [0.25, 0.3) is 0 Å². The van der Waals surface area contributed by atoms with Crippen molar-refractivity contribution < 1.29 is 14.0 Å². The zero-order valence-electron chi connectivity index (χ0n) is 16.0. The lowest BCUT2D eigenvalue weighted by Crippen LogP contribution is -2.17. The van der Waals surface area contributed by atoms with Crippen molar-refractivity contribution >= 4 is 11.0 Å². The van der Waals surface area contributed by atoms with Crippen LogP contribution < -0.4 is 15.2 Å². The smallest absolute Gasteiger partial charge is 0.163 e. The van der Waals surface area contributed by atoms with E-state index in [9.17, 15) is 0 Å². The van der Waals surface area contributed by atoms with E-state index in [4.69, 9.17) is 24.7 Å². The molecule has 0 aliphatic heterocycles. The van der Waals surface area contributed by atoms with Crippen LogP contribution in [0.15, 0.2) is 16.7 Å². The molecular weight excluding hydrogens is 332 g/mol. The number of hydrogen-bond acceptors (Lipinski definition) is 6. The number of rotatable bonds is 7. The average molecular weight is 358 g/mol. The van der Waals surface area contributed by atoms with Crippen molar-refractivity contribution in [2.45, 2.75) is 46.2 Å². The molecule has 0 amide bonds. The Hall–Kier alpha value is -2.54. The first kappa shape index (κ1) is 18.3. The van der Waals surface area contributed by atoms with Crippen LogP contribution in [0.2, 0.25) is 0 Å². The van der Waals surface area contributed by atoms with Gasteiger partial charge in [-0.25, -0.2) is 4.98 Å². The molecule has 1 unspecified atom stereocenters. The second-order valence-corrected chi connectivity index (χ2v) is 6.45. The van der Waals surface area contributed by atoms with E-state index in [-0.39, 0.29) is 6.04 Å². The first-order chi connectivity index (χ1) is 12.5. The summed E-state index contributed by atoms with van der Waals surface area (Å²) in [6.07, 6.45) is 1.85. The average Bonchev–Trinajstić information content (AvgIpc) is 3.15. The van der Waals surface area contributed by atoms with Gasteiger partial charge >= 0.3 is 0 Å². The van der Waals surface area contributed by atoms with E-state index < -0.39 is 0 Å². The normalized spacial score (nSPS) is 12.5. The minimum absolute atomic E-state index is 0.148. The molecule has 2 aromatic heterocycles. The molecule has 0 aliphatic carbocycles. The number of imidazole rings is 1. The lowest BCUT2D eigenvalue weighted by Gasteiger charge is -2.14. The van der Waals surface area contributed by atoms with Crippen LogP contribution in [0, 0.1) is 13.8 Å². The van der Waals surface area contributed by atoms with E-state index in [0.29, 0.717) is 18.0 Å². The van der Waals surface area contributed by atoms with Crippen LogP contribution in [0.5, 0.6) is 11.5 Å². The molecule has 0 radical (unpaired) electrons. The summed E-state index contributed by atoms with van der Waals surface area (Å²) in [5, 5.41) is 4.06. The van der Waals surface area contributed by atoms with E-state index >= 15 is 0 Å². The third kappa shape index (κ3) is 3.14. The number of benzene rings is 1. The Labute approximate surface area is 153 Å². The molecule has 1 atom stereocenters. The molecule has 140 valence electrons. The Morgan fingerprint density at radius 2 is 1.88 bits per heavy atom. The first-order valence-corrected chi connectivity index (χ1v) is 8.79. The number of methoxy groups -OCH3 is 2. The van der Waals surface area contributed by atoms with Crippen LogP contribution in [-0.4, -0.2) is 28.9 Å². The van der Waals surface area contributed by atoms with Gasteiger partial charge in [-0.05, 0) is 20.3 Å². The third-order valence-electron chi connectivity index (χ3n) is 4.71. The predicted octanol–water partition coefficient (Wildman–Crippen LogP) is 3.51. The topological polar surface area (TPSA) is 88.3 Å². The Kier molecular flexibility index (Phi) is 5.18. The maximum Gasteiger partial charge on any atom is 0.163 e. The Balaban J connectivity index is 2.20. The predicted molar refractivity (Wildman–Crippen MR) is 99.8 cm³/mol. The van der Waals surface area contributed by atoms with Gasteiger partial charge in [0, 0.05) is 17.7 Å². The van der Waals surface area contributed by atoms with Gasteiger partial charge in [0.1, 0.15) is 11.6 Å². The largest absolute Gasteiger partial charge is 0.493 e. The second-order valence-electron chi connectivity index (χ2n) is 6.45. The highest BCUT2D eigenvalue weighted by molar-refractivity contribution is 5.81. The Morgan fingerprint density at radius 1 is 1.19 bits per heavy atom. The van der Waals surface area contributed by atoms with Crippen LogP contribution in [-0.2, 0) is 6.54 Å². The number of nitrogens with two attached hydrogens (primary N) is 1. The number of aryl methyl sites for hydroxylation is 2. The van der Waals surface area contributed by atoms with E-state index in [0.717, 1.165) is 46.7 Å². The molecule has 1 aromatic carbocycles. The molecule has 2 N–H and O–H groups in total. The van der Waals surface area contributed by atoms with Crippen LogP contribution in [0.3, 0.4) is 0 Å². The molecule has 3 aromatic rings. The molecule has 0 spiro atoms. The van der Waals surface area contributed by atoms with Crippen molar-refractivity contribution in [3.63, 3.8) is 0 Å². The molecule has 7 nitrogen and oxygen atoms in total. The first-order valence-electron chi connectivity index (χ1n) is 8.79. The van der Waals surface area contributed by atoms with Crippen LogP contribution >= 0.6 is 0 Å². The van der Waals surface area contributed by atoms with E-state index in [2.05, 4.69) is 16.6 Å². The van der Waals surface area contributed by atoms with Gasteiger partial charge in [0.2, 0.25) is 0 Å². The molecule has 0 fully saturated rings. The summed E-state index contributed by atoms with van der Waals surface area (Å²) in [6.45, 7) is 6.58. The van der Waals surface area contributed by atoms with Gasteiger partial charge in [-0.15, -0.1) is 0 Å². The fourth-order valence-corrected chi connectivity index (χ4v) is 3.25. The van der Waals surface area contributed by atoms with E-state index in [1.807, 2.05) is 26.0 Å². The van der Waals surface area contributed by atoms with Gasteiger partial charge in [-0.2, -0.15) is 0 Å². The summed E-state index contributed by atoms with van der Waals surface area (Å²) in [6, 6.07) is 3.69. The molecule has 0 aliphatic rings. The van der Waals surface area contributed by atoms with Crippen molar-refractivity contribution in [1.82, 2.24) is 14.7 Å². The monoisotopic (exact) mass is 358 g/mol. The van der Waals surface area contributed by atoms with Crippen molar-refractivity contribution in [3.05, 3.63) is 35.0 Å². The number of fused-ring (bicyclic) bond motifs is 1. The molecule has 0 saturated heterocycles. The summed E-state index contributed by atoms with van der Waals surface area (Å²) in [4.78, 5) is 4.81. The molecule has 0 bridgehead atoms. The molecule has 2 heterocycles. The molecular formula is C19H26N4O3. The maximum absolute atomic E-state index is 6.43. The van der Waals surface area contributed by atoms with Gasteiger partial charge in [-0.3, -0.25) is 0 Å². The van der Waals surface area contributed by atoms with E-state index in [1.54, 1.807) is 14.2 Å². The summed E-state index contributed by atoms with van der Waals surface area (Å²) in [7, 11) is 3.25. The van der Waals surface area contributed by atoms with Gasteiger partial charge < -0.3 is 24.3 Å². The van der Waals surface area contributed by atoms with Crippen molar-refractivity contribution in [1.29, 1.82) is 0 Å². The van der Waals surface area contributed by atoms with Crippen LogP contribution in [0.25, 0.3) is 11.0 Å². The fraction of sp³-hybridized carbons (Fsp3) is 0.474. The van der Waals surface area contributed by atoms with Crippen molar-refractivity contribution in [2.24, 2.45) is 5.73 Å². The van der Waals surface area contributed by atoms with E-state index in [1.165, 1.54) is 0 Å². The summed E-state index contributed by atoms with van der Waals surface area (Å²) < 4.78 is 18.3. The SMILES string of the molecule is CCCC(N)c1nc2cc(OC)c(OC)cc2n1Cc1c(C)noc1C. The highest BCUT2D eigenvalue weighted by Gasteiger charge is 2.21. The zero-order chi connectivity index (χ0) is 18.8. The second kappa shape index (κ2) is 7.37. The molecule has 26 heavy (non-hydrogen) atoms. The van der Waals surface area contributed by atoms with Crippen LogP contribution in [0.4, 0.5) is 0 Å². The highest BCUT2D eigenvalue weighted by Crippen LogP contribution is 2.34. The number of aromatic nitrogens is 3. The zero-order valence-corrected chi connectivity index (χ0v) is 16.0. The lowest BCUT2D eigenvalue weighted by atomic mass is 10.1. The number of nitrogens with zero attached hydrogens (tertiary/aromatic N) is 3. The van der Waals surface area contributed by atoms with Crippen LogP contribution in [0.1, 0.15) is 48.6 Å². The standard InChI is InChI=1S/C19H26N4O3/c1-6-7-14(20)19-21-15-8-17(24-4)18(25-5)9-16(15)23(19)10-13-11(2)22-26-12(13)3/h8-9,14H,6-7,10,20H2,1-5H3. The summed E-state index contributed by atoms with van der Waals surface area (Å²) >= 11 is 0. The fourth-order valence-electron chi connectivity index (χ4n) is 3.25. The summed E-state index contributed by atoms with van der Waals surface area (Å²) in [5.41, 5.74) is 10.1. The van der Waals surface area contributed by atoms with Crippen molar-refractivity contribution in [3.8, 4) is 11.5 Å². The molecule has 3 rings (SSSR count). The van der Waals surface area contributed by atoms with Gasteiger partial charge in [-0.1, -0.05) is 18.5 Å². The maximum atomic E-state index is 6.43. The lowest BCUT2D eigenvalue weighted by molar-refractivity contribution is 0.355. The number of hydrogen-bond donors (Lipinski definition) is 1. The minimum atomic E-state index is -0.148. The van der Waals surface area contributed by atoms with Crippen molar-refractivity contribution in [2.75, 3.05) is 14.2 Å². The minimum Gasteiger partial charge on any atom is -0.493 e. The third-order valence-corrected chi connectivity index (χ3v) is 4.71.